The Kier molecular flexibility index (Phi) is 9.96. The van der Waals surface area contributed by atoms with Crippen molar-refractivity contribution in [2.45, 2.75) is 57.5 Å². The van der Waals surface area contributed by atoms with Gasteiger partial charge in [-0.3, -0.25) is 4.79 Å². The van der Waals surface area contributed by atoms with Gasteiger partial charge in [0.2, 0.25) is 10.0 Å². The van der Waals surface area contributed by atoms with Gasteiger partial charge >= 0.3 is 0 Å². The number of nitrogens with zero attached hydrogens (tertiary/aromatic N) is 3. The summed E-state index contributed by atoms with van der Waals surface area (Å²) in [6.45, 7) is 11.6. The van der Waals surface area contributed by atoms with E-state index in [9.17, 15) is 13.2 Å². The van der Waals surface area contributed by atoms with Gasteiger partial charge in [-0.2, -0.15) is 4.31 Å². The van der Waals surface area contributed by atoms with Crippen molar-refractivity contribution in [2.24, 2.45) is 10.3 Å². The quantitative estimate of drug-likeness (QED) is 0.150. The number of nitrogens with one attached hydrogen (secondary N) is 2. The second kappa shape index (κ2) is 11.5. The summed E-state index contributed by atoms with van der Waals surface area (Å²) in [6.07, 6.45) is 0.655. The van der Waals surface area contributed by atoms with E-state index in [0.717, 1.165) is 0 Å². The Hall–Kier alpha value is -2.34. The summed E-state index contributed by atoms with van der Waals surface area (Å²) >= 11 is 0. The molecule has 11 heteroatoms. The maximum Gasteiger partial charge on any atom is 0.243 e. The zero-order chi connectivity index (χ0) is 24.6. The molecule has 0 heterocycles. The molecule has 0 aliphatic rings. The van der Waals surface area contributed by atoms with Gasteiger partial charge < -0.3 is 21.0 Å². The van der Waals surface area contributed by atoms with Gasteiger partial charge in [-0.15, -0.1) is 0 Å². The number of carbonyl (C=O) groups is 1. The number of hydrogen-bond donors (Lipinski definition) is 4. The highest BCUT2D eigenvalue weighted by molar-refractivity contribution is 7.89. The Morgan fingerprint density at radius 3 is 1.69 bits per heavy atom. The number of aldehydes is 1. The molecule has 0 spiro atoms. The maximum absolute atomic E-state index is 13.3. The normalized spacial score (nSPS) is 14.1. The Morgan fingerprint density at radius 1 is 0.938 bits per heavy atom. The van der Waals surface area contributed by atoms with Gasteiger partial charge in [0.25, 0.3) is 0 Å². The van der Waals surface area contributed by atoms with Crippen LogP contribution < -0.4 is 10.6 Å². The summed E-state index contributed by atoms with van der Waals surface area (Å²) in [5, 5.41) is 30.9. The summed E-state index contributed by atoms with van der Waals surface area (Å²) in [7, 11) is -3.83. The molecule has 180 valence electrons. The van der Waals surface area contributed by atoms with Crippen molar-refractivity contribution in [3.8, 4) is 0 Å². The predicted molar refractivity (Wildman–Crippen MR) is 125 cm³/mol. The minimum absolute atomic E-state index is 0.0859. The van der Waals surface area contributed by atoms with Crippen molar-refractivity contribution in [1.29, 1.82) is 0 Å². The lowest BCUT2D eigenvalue weighted by molar-refractivity contribution is 0.112. The Labute approximate surface area is 190 Å². The van der Waals surface area contributed by atoms with Crippen LogP contribution >= 0.6 is 0 Å². The minimum Gasteiger partial charge on any atom is -0.411 e. The zero-order valence-electron chi connectivity index (χ0n) is 19.6. The van der Waals surface area contributed by atoms with E-state index in [1.807, 2.05) is 27.7 Å². The molecule has 0 amide bonds. The van der Waals surface area contributed by atoms with Crippen LogP contribution in [0, 0.1) is 0 Å². The van der Waals surface area contributed by atoms with Crippen LogP contribution in [0.5, 0.6) is 0 Å². The number of sulfonamides is 1. The third-order valence-electron chi connectivity index (χ3n) is 5.62. The Morgan fingerprint density at radius 2 is 1.34 bits per heavy atom. The number of carbonyl (C=O) groups excluding carboxylic acids is 1. The SMILES string of the molecule is C/C(=N\O)C(C)(C)NCCN(CCNC(C)(C)/C(C)=N/O)S(=O)(=O)c1ccc(C=O)cc1. The number of oxime groups is 2. The van der Waals surface area contributed by atoms with Crippen LogP contribution in [-0.4, -0.2) is 78.1 Å². The van der Waals surface area contributed by atoms with E-state index in [-0.39, 0.29) is 18.0 Å². The fourth-order valence-electron chi connectivity index (χ4n) is 2.71. The Balaban J connectivity index is 3.04. The molecular formula is C21H35N5O5S. The third kappa shape index (κ3) is 7.37. The highest BCUT2D eigenvalue weighted by atomic mass is 32.2. The first kappa shape index (κ1) is 27.7. The molecule has 1 aromatic carbocycles. The summed E-state index contributed by atoms with van der Waals surface area (Å²) < 4.78 is 27.9. The zero-order valence-corrected chi connectivity index (χ0v) is 20.4. The molecule has 0 saturated heterocycles. The van der Waals surface area contributed by atoms with Crippen LogP contribution in [0.4, 0.5) is 0 Å². The lowest BCUT2D eigenvalue weighted by Gasteiger charge is -2.30. The van der Waals surface area contributed by atoms with E-state index in [2.05, 4.69) is 20.9 Å². The molecule has 0 radical (unpaired) electrons. The topological polar surface area (TPSA) is 144 Å². The molecule has 10 nitrogen and oxygen atoms in total. The molecular weight excluding hydrogens is 434 g/mol. The number of benzene rings is 1. The van der Waals surface area contributed by atoms with Crippen molar-refractivity contribution in [2.75, 3.05) is 26.2 Å². The number of hydrogen-bond acceptors (Lipinski definition) is 9. The molecule has 32 heavy (non-hydrogen) atoms. The molecule has 0 aliphatic heterocycles. The van der Waals surface area contributed by atoms with Crippen LogP contribution in [0.2, 0.25) is 0 Å². The first-order chi connectivity index (χ1) is 14.8. The molecule has 1 aromatic rings. The fraction of sp³-hybridized carbons (Fsp3) is 0.571. The summed E-state index contributed by atoms with van der Waals surface area (Å²) in [6, 6.07) is 5.74. The maximum atomic E-state index is 13.3. The van der Waals surface area contributed by atoms with Crippen molar-refractivity contribution < 1.29 is 23.6 Å². The highest BCUT2D eigenvalue weighted by Crippen LogP contribution is 2.16. The van der Waals surface area contributed by atoms with Crippen LogP contribution in [0.25, 0.3) is 0 Å². The second-order valence-electron chi connectivity index (χ2n) is 8.57. The van der Waals surface area contributed by atoms with Gasteiger partial charge in [0.1, 0.15) is 6.29 Å². The third-order valence-corrected chi connectivity index (χ3v) is 7.53. The van der Waals surface area contributed by atoms with E-state index < -0.39 is 21.1 Å². The molecule has 0 bridgehead atoms. The predicted octanol–water partition coefficient (Wildman–Crippen LogP) is 1.93. The largest absolute Gasteiger partial charge is 0.411 e. The molecule has 0 unspecified atom stereocenters. The van der Waals surface area contributed by atoms with E-state index in [1.54, 1.807) is 13.8 Å². The molecule has 0 saturated carbocycles. The van der Waals surface area contributed by atoms with Crippen molar-refractivity contribution in [3.63, 3.8) is 0 Å². The molecule has 0 aromatic heterocycles. The van der Waals surface area contributed by atoms with E-state index in [4.69, 9.17) is 10.4 Å². The van der Waals surface area contributed by atoms with E-state index in [1.165, 1.54) is 28.6 Å². The lowest BCUT2D eigenvalue weighted by atomic mass is 10.00. The van der Waals surface area contributed by atoms with Crippen LogP contribution in [0.3, 0.4) is 0 Å². The van der Waals surface area contributed by atoms with Crippen molar-refractivity contribution in [1.82, 2.24) is 14.9 Å². The molecule has 0 atom stereocenters. The molecule has 4 N–H and O–H groups in total. The highest BCUT2D eigenvalue weighted by Gasteiger charge is 2.28. The van der Waals surface area contributed by atoms with Gasteiger partial charge in [0.05, 0.1) is 27.4 Å². The monoisotopic (exact) mass is 469 g/mol. The van der Waals surface area contributed by atoms with Gasteiger partial charge in [-0.05, 0) is 53.7 Å². The molecule has 1 rings (SSSR count). The van der Waals surface area contributed by atoms with Crippen LogP contribution in [0.15, 0.2) is 39.5 Å². The van der Waals surface area contributed by atoms with Crippen molar-refractivity contribution >= 4 is 27.7 Å². The summed E-state index contributed by atoms with van der Waals surface area (Å²) in [4.78, 5) is 11.0. The van der Waals surface area contributed by atoms with Gasteiger partial charge in [-0.1, -0.05) is 22.4 Å². The number of rotatable bonds is 13. The standard InChI is InChI=1S/C21H35N5O5S/c1-16(24-28)20(3,4)22-11-13-26(14-12-23-21(5,6)17(2)25-29)32(30,31)19-9-7-18(15-27)8-10-19/h7-10,15,22-23,28-29H,11-14H2,1-6H3/b24-16+,25-17+. The van der Waals surface area contributed by atoms with Crippen molar-refractivity contribution in [3.05, 3.63) is 29.8 Å². The second-order valence-corrected chi connectivity index (χ2v) is 10.5. The van der Waals surface area contributed by atoms with E-state index >= 15 is 0 Å². The first-order valence-corrected chi connectivity index (χ1v) is 11.7. The first-order valence-electron chi connectivity index (χ1n) is 10.3. The minimum atomic E-state index is -3.83. The van der Waals surface area contributed by atoms with Gasteiger partial charge in [0.15, 0.2) is 0 Å². The average molecular weight is 470 g/mol. The summed E-state index contributed by atoms with van der Waals surface area (Å²) in [5.41, 5.74) is 0.0899. The smallest absolute Gasteiger partial charge is 0.243 e. The molecule has 0 aliphatic carbocycles. The van der Waals surface area contributed by atoms with Gasteiger partial charge in [0, 0.05) is 31.7 Å². The summed E-state index contributed by atoms with van der Waals surface area (Å²) in [5.74, 6) is 0. The fourth-order valence-corrected chi connectivity index (χ4v) is 4.15. The van der Waals surface area contributed by atoms with E-state index in [0.29, 0.717) is 36.4 Å². The lowest BCUT2D eigenvalue weighted by Crippen LogP contribution is -2.51. The van der Waals surface area contributed by atoms with Crippen LogP contribution in [0.1, 0.15) is 51.9 Å². The molecule has 0 fully saturated rings. The van der Waals surface area contributed by atoms with Gasteiger partial charge in [-0.25, -0.2) is 8.42 Å². The van der Waals surface area contributed by atoms with Crippen LogP contribution in [-0.2, 0) is 10.0 Å². The average Bonchev–Trinajstić information content (AvgIpc) is 2.76. The Bertz CT molecular complexity index is 888.